The van der Waals surface area contributed by atoms with E-state index in [-0.39, 0.29) is 6.10 Å². The number of hydrogen-bond donors (Lipinski definition) is 1. The van der Waals surface area contributed by atoms with Gasteiger partial charge in [0, 0.05) is 0 Å². The van der Waals surface area contributed by atoms with E-state index in [2.05, 4.69) is 13.8 Å². The number of aliphatic hydroxyl groups excluding tert-OH is 1. The lowest BCUT2D eigenvalue weighted by atomic mass is 9.73. The van der Waals surface area contributed by atoms with Gasteiger partial charge in [0.05, 0.1) is 6.10 Å². The molecule has 0 bridgehead atoms. The van der Waals surface area contributed by atoms with Crippen LogP contribution in [0.15, 0.2) is 0 Å². The normalized spacial score (nSPS) is 24.7. The van der Waals surface area contributed by atoms with Gasteiger partial charge in [-0.3, -0.25) is 0 Å². The predicted molar refractivity (Wildman–Crippen MR) is 56.6 cm³/mol. The Bertz CT molecular complexity index is 126. The third-order valence-corrected chi connectivity index (χ3v) is 3.52. The number of rotatable bonds is 3. The van der Waals surface area contributed by atoms with Crippen LogP contribution in [-0.2, 0) is 0 Å². The first-order valence-electron chi connectivity index (χ1n) is 5.81. The van der Waals surface area contributed by atoms with Crippen molar-refractivity contribution in [1.29, 1.82) is 0 Å². The van der Waals surface area contributed by atoms with E-state index in [9.17, 15) is 5.11 Å². The van der Waals surface area contributed by atoms with Gasteiger partial charge in [-0.05, 0) is 24.7 Å². The first kappa shape index (κ1) is 11.0. The molecule has 0 aromatic rings. The van der Waals surface area contributed by atoms with Gasteiger partial charge in [-0.25, -0.2) is 0 Å². The minimum atomic E-state index is -0.122. The van der Waals surface area contributed by atoms with Gasteiger partial charge in [0.2, 0.25) is 0 Å². The third kappa shape index (κ3) is 2.98. The number of aliphatic hydroxyl groups is 1. The zero-order valence-corrected chi connectivity index (χ0v) is 9.29. The van der Waals surface area contributed by atoms with Crippen LogP contribution in [0.5, 0.6) is 0 Å². The summed E-state index contributed by atoms with van der Waals surface area (Å²) in [4.78, 5) is 0. The second-order valence-corrected chi connectivity index (χ2v) is 4.96. The molecule has 0 aliphatic heterocycles. The van der Waals surface area contributed by atoms with Crippen molar-refractivity contribution in [2.24, 2.45) is 17.8 Å². The lowest BCUT2D eigenvalue weighted by Crippen LogP contribution is -2.31. The van der Waals surface area contributed by atoms with E-state index >= 15 is 0 Å². The van der Waals surface area contributed by atoms with Crippen molar-refractivity contribution in [2.45, 2.75) is 59.0 Å². The molecule has 1 nitrogen and oxygen atoms in total. The van der Waals surface area contributed by atoms with E-state index in [1.165, 1.54) is 32.1 Å². The molecule has 1 aliphatic carbocycles. The van der Waals surface area contributed by atoms with Gasteiger partial charge in [0.25, 0.3) is 0 Å². The molecule has 0 aromatic heterocycles. The van der Waals surface area contributed by atoms with Gasteiger partial charge in [0.1, 0.15) is 0 Å². The molecule has 2 unspecified atom stereocenters. The Hall–Kier alpha value is -0.0400. The first-order chi connectivity index (χ1) is 6.13. The Morgan fingerprint density at radius 3 is 1.92 bits per heavy atom. The van der Waals surface area contributed by atoms with Crippen molar-refractivity contribution >= 4 is 0 Å². The minimum absolute atomic E-state index is 0.122. The van der Waals surface area contributed by atoms with Crippen molar-refractivity contribution in [1.82, 2.24) is 0 Å². The van der Waals surface area contributed by atoms with Crippen LogP contribution in [-0.4, -0.2) is 11.2 Å². The SMILES string of the molecule is CC(C)C(C(C)O)C1CCCCC1. The van der Waals surface area contributed by atoms with Crippen LogP contribution in [0.25, 0.3) is 0 Å². The van der Waals surface area contributed by atoms with Crippen LogP contribution in [0.2, 0.25) is 0 Å². The Morgan fingerprint density at radius 2 is 1.54 bits per heavy atom. The van der Waals surface area contributed by atoms with Gasteiger partial charge in [-0.15, -0.1) is 0 Å². The quantitative estimate of drug-likeness (QED) is 0.714. The molecule has 1 aliphatic rings. The summed E-state index contributed by atoms with van der Waals surface area (Å²) in [5.74, 6) is 1.94. The summed E-state index contributed by atoms with van der Waals surface area (Å²) in [7, 11) is 0. The molecule has 0 amide bonds. The lowest BCUT2D eigenvalue weighted by Gasteiger charge is -2.34. The highest BCUT2D eigenvalue weighted by molar-refractivity contribution is 4.79. The van der Waals surface area contributed by atoms with E-state index in [4.69, 9.17) is 0 Å². The zero-order valence-electron chi connectivity index (χ0n) is 9.29. The summed E-state index contributed by atoms with van der Waals surface area (Å²) in [5.41, 5.74) is 0. The minimum Gasteiger partial charge on any atom is -0.393 e. The van der Waals surface area contributed by atoms with E-state index in [0.717, 1.165) is 5.92 Å². The van der Waals surface area contributed by atoms with Gasteiger partial charge in [-0.2, -0.15) is 0 Å². The van der Waals surface area contributed by atoms with Crippen LogP contribution in [0.1, 0.15) is 52.9 Å². The van der Waals surface area contributed by atoms with E-state index in [1.54, 1.807) is 0 Å². The molecule has 0 spiro atoms. The summed E-state index contributed by atoms with van der Waals surface area (Å²) in [5, 5.41) is 9.73. The Kier molecular flexibility index (Phi) is 4.24. The second kappa shape index (κ2) is 4.99. The van der Waals surface area contributed by atoms with Gasteiger partial charge in [-0.1, -0.05) is 46.0 Å². The zero-order chi connectivity index (χ0) is 9.84. The molecule has 13 heavy (non-hydrogen) atoms. The first-order valence-corrected chi connectivity index (χ1v) is 5.81. The van der Waals surface area contributed by atoms with Crippen molar-refractivity contribution in [3.63, 3.8) is 0 Å². The number of hydrogen-bond acceptors (Lipinski definition) is 1. The molecule has 1 rings (SSSR count). The predicted octanol–water partition coefficient (Wildman–Crippen LogP) is 3.22. The maximum Gasteiger partial charge on any atom is 0.0545 e. The highest BCUT2D eigenvalue weighted by Crippen LogP contribution is 2.35. The second-order valence-electron chi connectivity index (χ2n) is 4.96. The standard InChI is InChI=1S/C12H24O/c1-9(2)12(10(3)13)11-7-5-4-6-8-11/h9-13H,4-8H2,1-3H3. The molecule has 1 heteroatoms. The molecular formula is C12H24O. The van der Waals surface area contributed by atoms with E-state index in [1.807, 2.05) is 6.92 Å². The maximum atomic E-state index is 9.73. The Morgan fingerprint density at radius 1 is 1.00 bits per heavy atom. The van der Waals surface area contributed by atoms with Gasteiger partial charge >= 0.3 is 0 Å². The van der Waals surface area contributed by atoms with Crippen LogP contribution in [0.4, 0.5) is 0 Å². The largest absolute Gasteiger partial charge is 0.393 e. The molecule has 1 fully saturated rings. The van der Waals surface area contributed by atoms with Gasteiger partial charge < -0.3 is 5.11 Å². The Balaban J connectivity index is 2.52. The molecule has 0 heterocycles. The summed E-state index contributed by atoms with van der Waals surface area (Å²) in [6.45, 7) is 6.44. The van der Waals surface area contributed by atoms with Crippen LogP contribution < -0.4 is 0 Å². The molecule has 0 aromatic carbocycles. The van der Waals surface area contributed by atoms with E-state index in [0.29, 0.717) is 11.8 Å². The van der Waals surface area contributed by atoms with Crippen molar-refractivity contribution in [3.8, 4) is 0 Å². The molecule has 0 radical (unpaired) electrons. The smallest absolute Gasteiger partial charge is 0.0545 e. The third-order valence-electron chi connectivity index (χ3n) is 3.52. The average Bonchev–Trinajstić information content (AvgIpc) is 2.04. The molecule has 78 valence electrons. The highest BCUT2D eigenvalue weighted by atomic mass is 16.3. The Labute approximate surface area is 82.5 Å². The molecule has 1 N–H and O–H groups in total. The molecule has 0 saturated heterocycles. The summed E-state index contributed by atoms with van der Waals surface area (Å²) < 4.78 is 0. The average molecular weight is 184 g/mol. The highest BCUT2D eigenvalue weighted by Gasteiger charge is 2.29. The van der Waals surface area contributed by atoms with Crippen molar-refractivity contribution < 1.29 is 5.11 Å². The monoisotopic (exact) mass is 184 g/mol. The summed E-state index contributed by atoms with van der Waals surface area (Å²) in [6.07, 6.45) is 6.72. The van der Waals surface area contributed by atoms with E-state index < -0.39 is 0 Å². The topological polar surface area (TPSA) is 20.2 Å². The van der Waals surface area contributed by atoms with Crippen molar-refractivity contribution in [3.05, 3.63) is 0 Å². The van der Waals surface area contributed by atoms with Crippen molar-refractivity contribution in [2.75, 3.05) is 0 Å². The van der Waals surface area contributed by atoms with Crippen LogP contribution in [0, 0.1) is 17.8 Å². The lowest BCUT2D eigenvalue weighted by molar-refractivity contribution is 0.0431. The summed E-state index contributed by atoms with van der Waals surface area (Å²) >= 11 is 0. The fourth-order valence-corrected chi connectivity index (χ4v) is 3.01. The van der Waals surface area contributed by atoms with Crippen LogP contribution >= 0.6 is 0 Å². The molecule has 1 saturated carbocycles. The van der Waals surface area contributed by atoms with Crippen LogP contribution in [0.3, 0.4) is 0 Å². The van der Waals surface area contributed by atoms with Gasteiger partial charge in [0.15, 0.2) is 0 Å². The fraction of sp³-hybridized carbons (Fsp3) is 1.00. The molecule has 2 atom stereocenters. The summed E-state index contributed by atoms with van der Waals surface area (Å²) in [6, 6.07) is 0. The fourth-order valence-electron chi connectivity index (χ4n) is 3.01. The maximum absolute atomic E-state index is 9.73. The molecular weight excluding hydrogens is 160 g/mol.